The molecule has 0 aliphatic carbocycles. The number of nitrogens with two attached hydrogens (primary N) is 1. The van der Waals surface area contributed by atoms with E-state index in [0.717, 1.165) is 24.3 Å². The summed E-state index contributed by atoms with van der Waals surface area (Å²) in [6, 6.07) is 17.0. The summed E-state index contributed by atoms with van der Waals surface area (Å²) in [6.07, 6.45) is 0. The van der Waals surface area contributed by atoms with Crippen LogP contribution in [0.4, 0.5) is 5.69 Å². The van der Waals surface area contributed by atoms with Crippen molar-refractivity contribution in [3.8, 4) is 0 Å². The Morgan fingerprint density at radius 2 is 1.76 bits per heavy atom. The Morgan fingerprint density at radius 1 is 1.04 bits per heavy atom. The van der Waals surface area contributed by atoms with Crippen molar-refractivity contribution in [3.63, 3.8) is 0 Å². The first-order valence-electron chi connectivity index (χ1n) is 7.79. The average molecular weight is 379 g/mol. The minimum atomic E-state index is 0. The van der Waals surface area contributed by atoms with E-state index in [9.17, 15) is 0 Å². The summed E-state index contributed by atoms with van der Waals surface area (Å²) in [5, 5.41) is 0.637. The van der Waals surface area contributed by atoms with E-state index in [-0.39, 0.29) is 12.4 Å². The Bertz CT molecular complexity index is 744. The molecule has 0 unspecified atom stereocenters. The van der Waals surface area contributed by atoms with Gasteiger partial charge < -0.3 is 15.4 Å². The number of guanidine groups is 1. The summed E-state index contributed by atoms with van der Waals surface area (Å²) in [5.74, 6) is 1.00. The van der Waals surface area contributed by atoms with Gasteiger partial charge in [-0.3, -0.25) is 0 Å². The molecule has 5 nitrogen and oxygen atoms in total. The molecule has 1 saturated heterocycles. The smallest absolute Gasteiger partial charge is 0.228 e. The molecular formula is C18H20Cl2N4O. The average Bonchev–Trinajstić information content (AvgIpc) is 2.63. The number of ether oxygens (including phenoxy) is 1. The van der Waals surface area contributed by atoms with Gasteiger partial charge in [0, 0.05) is 23.7 Å². The topological polar surface area (TPSA) is 63.2 Å². The summed E-state index contributed by atoms with van der Waals surface area (Å²) >= 11 is 6.05. The van der Waals surface area contributed by atoms with Crippen LogP contribution in [0.1, 0.15) is 5.56 Å². The zero-order valence-electron chi connectivity index (χ0n) is 13.6. The molecule has 1 aliphatic heterocycles. The molecule has 2 aromatic rings. The lowest BCUT2D eigenvalue weighted by molar-refractivity contribution is 0.0676. The Morgan fingerprint density at radius 3 is 2.44 bits per heavy atom. The van der Waals surface area contributed by atoms with E-state index in [4.69, 9.17) is 22.1 Å². The number of nitrogens with zero attached hydrogens (tertiary/aromatic N) is 3. The summed E-state index contributed by atoms with van der Waals surface area (Å²) in [7, 11) is 0. The second-order valence-corrected chi connectivity index (χ2v) is 5.79. The van der Waals surface area contributed by atoms with Gasteiger partial charge in [0.05, 0.1) is 18.9 Å². The molecule has 132 valence electrons. The molecule has 1 fully saturated rings. The molecule has 2 N–H and O–H groups in total. The fraction of sp³-hybridized carbons (Fsp3) is 0.222. The number of hydrogen-bond acceptors (Lipinski definition) is 2. The van der Waals surface area contributed by atoms with E-state index < -0.39 is 0 Å². The van der Waals surface area contributed by atoms with Crippen molar-refractivity contribution in [2.24, 2.45) is 15.7 Å². The standard InChI is InChI=1S/C18H19ClN4O.ClH/c19-15-7-4-8-16(13-15)21-18(23-9-11-24-12-10-23)22-17(20)14-5-2-1-3-6-14;/h1-8,13H,9-12H2,(H2,20,21,22);1H. The normalized spacial score (nSPS) is 15.6. The van der Waals surface area contributed by atoms with E-state index in [1.54, 1.807) is 6.07 Å². The summed E-state index contributed by atoms with van der Waals surface area (Å²) < 4.78 is 5.41. The van der Waals surface area contributed by atoms with Crippen molar-refractivity contribution in [2.75, 3.05) is 26.3 Å². The minimum absolute atomic E-state index is 0. The highest BCUT2D eigenvalue weighted by atomic mass is 35.5. The maximum absolute atomic E-state index is 6.17. The lowest BCUT2D eigenvalue weighted by Crippen LogP contribution is -2.40. The first-order valence-corrected chi connectivity index (χ1v) is 8.17. The van der Waals surface area contributed by atoms with Gasteiger partial charge in [-0.15, -0.1) is 12.4 Å². The third kappa shape index (κ3) is 5.46. The lowest BCUT2D eigenvalue weighted by Gasteiger charge is -2.27. The minimum Gasteiger partial charge on any atom is -0.383 e. The van der Waals surface area contributed by atoms with Crippen LogP contribution in [0, 0.1) is 0 Å². The van der Waals surface area contributed by atoms with Crippen molar-refractivity contribution >= 4 is 41.5 Å². The van der Waals surface area contributed by atoms with Crippen LogP contribution >= 0.6 is 24.0 Å². The van der Waals surface area contributed by atoms with Gasteiger partial charge in [-0.25, -0.2) is 4.99 Å². The number of rotatable bonds is 2. The summed E-state index contributed by atoms with van der Waals surface area (Å²) in [4.78, 5) is 11.3. The molecule has 0 saturated carbocycles. The van der Waals surface area contributed by atoms with Crippen molar-refractivity contribution in [1.82, 2.24) is 4.90 Å². The fourth-order valence-corrected chi connectivity index (χ4v) is 2.56. The van der Waals surface area contributed by atoms with Crippen LogP contribution in [0.2, 0.25) is 5.02 Å². The van der Waals surface area contributed by atoms with Gasteiger partial charge >= 0.3 is 0 Å². The second-order valence-electron chi connectivity index (χ2n) is 5.35. The monoisotopic (exact) mass is 378 g/mol. The molecule has 3 rings (SSSR count). The Hall–Kier alpha value is -2.08. The highest BCUT2D eigenvalue weighted by molar-refractivity contribution is 6.30. The molecule has 0 aromatic heterocycles. The zero-order valence-corrected chi connectivity index (χ0v) is 15.2. The van der Waals surface area contributed by atoms with E-state index in [0.29, 0.717) is 30.0 Å². The van der Waals surface area contributed by atoms with Crippen LogP contribution in [-0.2, 0) is 4.74 Å². The van der Waals surface area contributed by atoms with Crippen LogP contribution in [0.15, 0.2) is 64.6 Å². The van der Waals surface area contributed by atoms with E-state index >= 15 is 0 Å². The molecule has 0 radical (unpaired) electrons. The van der Waals surface area contributed by atoms with Gasteiger partial charge in [0.15, 0.2) is 0 Å². The van der Waals surface area contributed by atoms with E-state index in [1.165, 1.54) is 0 Å². The summed E-state index contributed by atoms with van der Waals surface area (Å²) in [6.45, 7) is 2.75. The second kappa shape index (κ2) is 9.42. The number of hydrogen-bond donors (Lipinski definition) is 1. The van der Waals surface area contributed by atoms with Crippen LogP contribution in [0.25, 0.3) is 0 Å². The quantitative estimate of drug-likeness (QED) is 0.642. The molecule has 0 bridgehead atoms. The molecule has 25 heavy (non-hydrogen) atoms. The molecule has 0 atom stereocenters. The SMILES string of the molecule is Cl.N/C(=N\C(=Nc1cccc(Cl)c1)N1CCOCC1)c1ccccc1. The highest BCUT2D eigenvalue weighted by Crippen LogP contribution is 2.19. The molecule has 0 spiro atoms. The molecule has 1 heterocycles. The van der Waals surface area contributed by atoms with Crippen molar-refractivity contribution in [3.05, 3.63) is 65.2 Å². The predicted octanol–water partition coefficient (Wildman–Crippen LogP) is 3.49. The molecule has 2 aromatic carbocycles. The maximum atomic E-state index is 6.17. The Balaban J connectivity index is 0.00000225. The molecule has 0 amide bonds. The molecule has 1 aliphatic rings. The Labute approximate surface area is 158 Å². The predicted molar refractivity (Wildman–Crippen MR) is 105 cm³/mol. The number of halogens is 2. The first-order chi connectivity index (χ1) is 11.7. The first kappa shape index (κ1) is 19.2. The van der Waals surface area contributed by atoms with Crippen LogP contribution < -0.4 is 5.73 Å². The number of amidine groups is 1. The van der Waals surface area contributed by atoms with Gasteiger partial charge in [-0.1, -0.05) is 48.0 Å². The van der Waals surface area contributed by atoms with E-state index in [1.807, 2.05) is 48.5 Å². The van der Waals surface area contributed by atoms with Crippen LogP contribution in [-0.4, -0.2) is 43.0 Å². The zero-order chi connectivity index (χ0) is 16.8. The third-order valence-electron chi connectivity index (χ3n) is 3.62. The lowest BCUT2D eigenvalue weighted by atomic mass is 10.2. The summed E-state index contributed by atoms with van der Waals surface area (Å²) in [5.41, 5.74) is 7.78. The van der Waals surface area contributed by atoms with Crippen molar-refractivity contribution < 1.29 is 4.74 Å². The number of aliphatic imine (C=N–C) groups is 2. The Kier molecular flexibility index (Phi) is 7.25. The van der Waals surface area contributed by atoms with Gasteiger partial charge in [-0.05, 0) is 18.2 Å². The molecular weight excluding hydrogens is 359 g/mol. The van der Waals surface area contributed by atoms with E-state index in [2.05, 4.69) is 14.9 Å². The van der Waals surface area contributed by atoms with Gasteiger partial charge in [-0.2, -0.15) is 4.99 Å². The van der Waals surface area contributed by atoms with Crippen molar-refractivity contribution in [2.45, 2.75) is 0 Å². The fourth-order valence-electron chi connectivity index (χ4n) is 2.37. The van der Waals surface area contributed by atoms with Crippen LogP contribution in [0.3, 0.4) is 0 Å². The van der Waals surface area contributed by atoms with Gasteiger partial charge in [0.25, 0.3) is 0 Å². The number of benzene rings is 2. The van der Waals surface area contributed by atoms with Gasteiger partial charge in [0.2, 0.25) is 5.96 Å². The molecule has 7 heteroatoms. The van der Waals surface area contributed by atoms with Crippen LogP contribution in [0.5, 0.6) is 0 Å². The maximum Gasteiger partial charge on any atom is 0.228 e. The third-order valence-corrected chi connectivity index (χ3v) is 3.86. The van der Waals surface area contributed by atoms with Crippen molar-refractivity contribution in [1.29, 1.82) is 0 Å². The largest absolute Gasteiger partial charge is 0.383 e. The van der Waals surface area contributed by atoms with Gasteiger partial charge in [0.1, 0.15) is 5.84 Å². The highest BCUT2D eigenvalue weighted by Gasteiger charge is 2.16. The number of morpholine rings is 1.